The highest BCUT2D eigenvalue weighted by atomic mass is 16.6. The van der Waals surface area contributed by atoms with Crippen molar-refractivity contribution in [2.45, 2.75) is 19.3 Å². The fraction of sp³-hybridized carbons (Fsp3) is 0.190. The summed E-state index contributed by atoms with van der Waals surface area (Å²) in [6.45, 7) is 0. The molecule has 0 aliphatic heterocycles. The highest BCUT2D eigenvalue weighted by Gasteiger charge is 2.22. The quantitative estimate of drug-likeness (QED) is 0.451. The summed E-state index contributed by atoms with van der Waals surface area (Å²) in [5.74, 6) is 0.655. The number of nitrogens with zero attached hydrogens (tertiary/aromatic N) is 1. The van der Waals surface area contributed by atoms with E-state index in [4.69, 9.17) is 4.74 Å². The van der Waals surface area contributed by atoms with Gasteiger partial charge in [0.25, 0.3) is 5.69 Å². The van der Waals surface area contributed by atoms with Gasteiger partial charge in [0.2, 0.25) is 0 Å². The maximum Gasteiger partial charge on any atom is 0.276 e. The van der Waals surface area contributed by atoms with Gasteiger partial charge in [0, 0.05) is 22.8 Å². The van der Waals surface area contributed by atoms with Gasteiger partial charge in [-0.25, -0.2) is 0 Å². The van der Waals surface area contributed by atoms with Gasteiger partial charge in [-0.1, -0.05) is 30.3 Å². The zero-order valence-corrected chi connectivity index (χ0v) is 14.5. The number of carbonyl (C=O) groups is 1. The van der Waals surface area contributed by atoms with E-state index in [1.54, 1.807) is 31.4 Å². The molecule has 2 aromatic rings. The number of rotatable bonds is 4. The van der Waals surface area contributed by atoms with E-state index in [-0.39, 0.29) is 11.5 Å². The predicted molar refractivity (Wildman–Crippen MR) is 101 cm³/mol. The second-order valence-electron chi connectivity index (χ2n) is 6.08. The molecule has 3 rings (SSSR count). The van der Waals surface area contributed by atoms with Crippen molar-refractivity contribution in [3.63, 3.8) is 0 Å². The van der Waals surface area contributed by atoms with Crippen LogP contribution in [0.2, 0.25) is 0 Å². The van der Waals surface area contributed by atoms with Crippen molar-refractivity contribution in [1.29, 1.82) is 0 Å². The lowest BCUT2D eigenvalue weighted by atomic mass is 9.86. The van der Waals surface area contributed by atoms with E-state index >= 15 is 0 Å². The molecule has 0 unspecified atom stereocenters. The summed E-state index contributed by atoms with van der Waals surface area (Å²) in [4.78, 5) is 23.6. The number of hydrogen-bond donors (Lipinski definition) is 0. The standard InChI is InChI=1S/C21H19NO4/c1-26-20-12-5-3-8-16(20)14-18-10-6-9-17(21(18)23)13-15-7-2-4-11-19(15)22(24)25/h2-5,7-8,11-14H,6,9-10H2,1H3/b17-13+,18-14+. The average molecular weight is 349 g/mol. The van der Waals surface area contributed by atoms with Crippen LogP contribution in [0.4, 0.5) is 5.69 Å². The Morgan fingerprint density at radius 3 is 2.19 bits per heavy atom. The third kappa shape index (κ3) is 3.72. The van der Waals surface area contributed by atoms with Crippen LogP contribution in [-0.4, -0.2) is 17.8 Å². The highest BCUT2D eigenvalue weighted by molar-refractivity contribution is 6.14. The Morgan fingerprint density at radius 1 is 0.962 bits per heavy atom. The van der Waals surface area contributed by atoms with E-state index < -0.39 is 4.92 Å². The van der Waals surface area contributed by atoms with Gasteiger partial charge >= 0.3 is 0 Å². The molecule has 0 spiro atoms. The van der Waals surface area contributed by atoms with Gasteiger partial charge in [-0.3, -0.25) is 14.9 Å². The van der Waals surface area contributed by atoms with Crippen molar-refractivity contribution >= 4 is 23.6 Å². The number of nitro groups is 1. The zero-order valence-electron chi connectivity index (χ0n) is 14.5. The lowest BCUT2D eigenvalue weighted by Gasteiger charge is -2.17. The Balaban J connectivity index is 1.96. The number of Topliss-reactive ketones (excluding diaryl/α,β-unsaturated/α-hetero) is 1. The van der Waals surface area contributed by atoms with E-state index in [1.807, 2.05) is 30.3 Å². The normalized spacial score (nSPS) is 17.5. The third-order valence-corrected chi connectivity index (χ3v) is 4.41. The number of hydrogen-bond acceptors (Lipinski definition) is 4. The molecule has 0 amide bonds. The van der Waals surface area contributed by atoms with Crippen LogP contribution in [0.25, 0.3) is 12.2 Å². The second kappa shape index (κ2) is 7.78. The number of ether oxygens (including phenoxy) is 1. The van der Waals surface area contributed by atoms with Gasteiger partial charge in [-0.2, -0.15) is 0 Å². The minimum absolute atomic E-state index is 0.00799. The lowest BCUT2D eigenvalue weighted by molar-refractivity contribution is -0.385. The highest BCUT2D eigenvalue weighted by Crippen LogP contribution is 2.31. The predicted octanol–water partition coefficient (Wildman–Crippen LogP) is 4.82. The van der Waals surface area contributed by atoms with Gasteiger partial charge in [0.15, 0.2) is 5.78 Å². The molecule has 5 nitrogen and oxygen atoms in total. The Morgan fingerprint density at radius 2 is 1.54 bits per heavy atom. The van der Waals surface area contributed by atoms with Crippen LogP contribution in [0.5, 0.6) is 5.75 Å². The van der Waals surface area contributed by atoms with E-state index in [2.05, 4.69) is 0 Å². The van der Waals surface area contributed by atoms with E-state index in [0.29, 0.717) is 35.3 Å². The maximum atomic E-state index is 12.9. The first-order valence-electron chi connectivity index (χ1n) is 8.42. The van der Waals surface area contributed by atoms with Crippen LogP contribution in [0.15, 0.2) is 59.7 Å². The first-order valence-corrected chi connectivity index (χ1v) is 8.42. The molecule has 26 heavy (non-hydrogen) atoms. The Hall–Kier alpha value is -3.21. The summed E-state index contributed by atoms with van der Waals surface area (Å²) in [5.41, 5.74) is 2.62. The third-order valence-electron chi connectivity index (χ3n) is 4.41. The lowest BCUT2D eigenvalue weighted by Crippen LogP contribution is -2.12. The SMILES string of the molecule is COc1ccccc1/C=C1\CCC/C(=C\c2ccccc2[N+](=O)[O-])C1=O. The number of allylic oxidation sites excluding steroid dienone is 2. The van der Waals surface area contributed by atoms with Crippen LogP contribution in [-0.2, 0) is 4.79 Å². The molecular formula is C21H19NO4. The summed E-state index contributed by atoms with van der Waals surface area (Å²) in [6, 6.07) is 14.0. The Labute approximate surface area is 151 Å². The molecule has 1 fully saturated rings. The second-order valence-corrected chi connectivity index (χ2v) is 6.08. The van der Waals surface area contributed by atoms with Crippen molar-refractivity contribution in [2.24, 2.45) is 0 Å². The van der Waals surface area contributed by atoms with E-state index in [9.17, 15) is 14.9 Å². The number of methoxy groups -OCH3 is 1. The van der Waals surface area contributed by atoms with Gasteiger partial charge in [-0.05, 0) is 43.5 Å². The molecule has 0 heterocycles. The number of nitro benzene ring substituents is 1. The van der Waals surface area contributed by atoms with E-state index in [0.717, 1.165) is 12.0 Å². The van der Waals surface area contributed by atoms with E-state index in [1.165, 1.54) is 6.07 Å². The average Bonchev–Trinajstić information content (AvgIpc) is 2.65. The molecule has 2 aromatic carbocycles. The zero-order chi connectivity index (χ0) is 18.5. The van der Waals surface area contributed by atoms with Crippen molar-refractivity contribution in [3.8, 4) is 5.75 Å². The van der Waals surface area contributed by atoms with Crippen molar-refractivity contribution in [3.05, 3.63) is 80.9 Å². The summed E-state index contributed by atoms with van der Waals surface area (Å²) in [5, 5.41) is 11.2. The first-order chi connectivity index (χ1) is 12.6. The smallest absolute Gasteiger partial charge is 0.276 e. The molecule has 0 atom stereocenters. The van der Waals surface area contributed by atoms with Gasteiger partial charge in [-0.15, -0.1) is 0 Å². The largest absolute Gasteiger partial charge is 0.496 e. The fourth-order valence-corrected chi connectivity index (χ4v) is 3.11. The molecule has 1 saturated carbocycles. The molecule has 0 aromatic heterocycles. The van der Waals surface area contributed by atoms with Crippen LogP contribution in [0.3, 0.4) is 0 Å². The van der Waals surface area contributed by atoms with Gasteiger partial charge < -0.3 is 4.74 Å². The van der Waals surface area contributed by atoms with Crippen molar-refractivity contribution in [2.75, 3.05) is 7.11 Å². The van der Waals surface area contributed by atoms with Gasteiger partial charge in [0.05, 0.1) is 17.6 Å². The van der Waals surface area contributed by atoms with Gasteiger partial charge in [0.1, 0.15) is 5.75 Å². The molecule has 1 aliphatic rings. The van der Waals surface area contributed by atoms with Crippen molar-refractivity contribution < 1.29 is 14.5 Å². The fourth-order valence-electron chi connectivity index (χ4n) is 3.11. The Bertz CT molecular complexity index is 912. The molecule has 1 aliphatic carbocycles. The minimum atomic E-state index is -0.425. The van der Waals surface area contributed by atoms with Crippen LogP contribution in [0.1, 0.15) is 30.4 Å². The summed E-state index contributed by atoms with van der Waals surface area (Å²) < 4.78 is 5.34. The topological polar surface area (TPSA) is 69.4 Å². The molecule has 132 valence electrons. The minimum Gasteiger partial charge on any atom is -0.496 e. The summed E-state index contributed by atoms with van der Waals surface area (Å²) >= 11 is 0. The molecule has 0 bridgehead atoms. The maximum absolute atomic E-state index is 12.9. The summed E-state index contributed by atoms with van der Waals surface area (Å²) in [6.07, 6.45) is 5.64. The van der Waals surface area contributed by atoms with Crippen molar-refractivity contribution in [1.82, 2.24) is 0 Å². The van der Waals surface area contributed by atoms with Crippen LogP contribution in [0, 0.1) is 10.1 Å². The number of ketones is 1. The number of benzene rings is 2. The molecule has 0 N–H and O–H groups in total. The Kier molecular flexibility index (Phi) is 5.27. The molecule has 0 saturated heterocycles. The molecule has 5 heteroatoms. The number of carbonyl (C=O) groups excluding carboxylic acids is 1. The summed E-state index contributed by atoms with van der Waals surface area (Å²) in [7, 11) is 1.60. The molecular weight excluding hydrogens is 330 g/mol. The molecule has 0 radical (unpaired) electrons. The first kappa shape index (κ1) is 17.6. The monoisotopic (exact) mass is 349 g/mol. The van der Waals surface area contributed by atoms with Crippen LogP contribution < -0.4 is 4.74 Å². The number of para-hydroxylation sites is 2. The van der Waals surface area contributed by atoms with Crippen LogP contribution >= 0.6 is 0 Å².